The summed E-state index contributed by atoms with van der Waals surface area (Å²) in [5, 5.41) is 15.1. The van der Waals surface area contributed by atoms with Crippen LogP contribution in [0.2, 0.25) is 0 Å². The van der Waals surface area contributed by atoms with Crippen molar-refractivity contribution in [3.8, 4) is 6.07 Å². The number of nitriles is 1. The predicted octanol–water partition coefficient (Wildman–Crippen LogP) is 1.56. The largest absolute Gasteiger partial charge is 0.382 e. The maximum Gasteiger partial charge on any atom is 0.220 e. The van der Waals surface area contributed by atoms with E-state index in [9.17, 15) is 4.79 Å². The van der Waals surface area contributed by atoms with Gasteiger partial charge in [-0.25, -0.2) is 0 Å². The van der Waals surface area contributed by atoms with Gasteiger partial charge in [0.25, 0.3) is 0 Å². The Kier molecular flexibility index (Phi) is 3.29. The van der Waals surface area contributed by atoms with E-state index in [-0.39, 0.29) is 11.9 Å². The zero-order valence-electron chi connectivity index (χ0n) is 9.79. The number of anilines is 1. The summed E-state index contributed by atoms with van der Waals surface area (Å²) in [6.45, 7) is 2.63. The molecule has 88 valence electrons. The molecule has 4 nitrogen and oxygen atoms in total. The van der Waals surface area contributed by atoms with E-state index in [1.54, 1.807) is 0 Å². The Morgan fingerprint density at radius 2 is 2.41 bits per heavy atom. The van der Waals surface area contributed by atoms with E-state index in [1.165, 1.54) is 0 Å². The van der Waals surface area contributed by atoms with Gasteiger partial charge in [-0.15, -0.1) is 0 Å². The van der Waals surface area contributed by atoms with Crippen LogP contribution in [-0.4, -0.2) is 18.5 Å². The molecule has 1 heterocycles. The summed E-state index contributed by atoms with van der Waals surface area (Å²) >= 11 is 0. The summed E-state index contributed by atoms with van der Waals surface area (Å²) in [5.74, 6) is 0.112. The molecule has 2 rings (SSSR count). The fraction of sp³-hybridized carbons (Fsp3) is 0.385. The van der Waals surface area contributed by atoms with Gasteiger partial charge in [-0.1, -0.05) is 6.07 Å². The van der Waals surface area contributed by atoms with Crippen LogP contribution in [0.15, 0.2) is 18.2 Å². The number of hydrogen-bond donors (Lipinski definition) is 2. The molecule has 1 unspecified atom stereocenters. The van der Waals surface area contributed by atoms with Crippen LogP contribution in [0.3, 0.4) is 0 Å². The summed E-state index contributed by atoms with van der Waals surface area (Å²) in [6.07, 6.45) is 1.46. The quantitative estimate of drug-likeness (QED) is 0.826. The molecule has 0 aliphatic carbocycles. The van der Waals surface area contributed by atoms with E-state index in [2.05, 4.69) is 16.7 Å². The van der Waals surface area contributed by atoms with Gasteiger partial charge < -0.3 is 10.6 Å². The highest BCUT2D eigenvalue weighted by Gasteiger charge is 2.20. The van der Waals surface area contributed by atoms with Gasteiger partial charge in [0.1, 0.15) is 6.07 Å². The van der Waals surface area contributed by atoms with Crippen molar-refractivity contribution in [3.05, 3.63) is 29.3 Å². The van der Waals surface area contributed by atoms with Gasteiger partial charge >= 0.3 is 0 Å². The van der Waals surface area contributed by atoms with Gasteiger partial charge in [-0.3, -0.25) is 4.79 Å². The van der Waals surface area contributed by atoms with Crippen molar-refractivity contribution in [2.75, 3.05) is 11.9 Å². The Morgan fingerprint density at radius 1 is 1.59 bits per heavy atom. The second kappa shape index (κ2) is 4.88. The average molecular weight is 229 g/mol. The number of carbonyl (C=O) groups is 1. The summed E-state index contributed by atoms with van der Waals surface area (Å²) < 4.78 is 0. The van der Waals surface area contributed by atoms with Crippen LogP contribution in [-0.2, 0) is 4.79 Å². The number of nitrogens with one attached hydrogen (secondary N) is 2. The highest BCUT2D eigenvalue weighted by Crippen LogP contribution is 2.17. The van der Waals surface area contributed by atoms with Crippen molar-refractivity contribution in [2.24, 2.45) is 0 Å². The van der Waals surface area contributed by atoms with E-state index < -0.39 is 0 Å². The van der Waals surface area contributed by atoms with E-state index in [0.717, 1.165) is 17.7 Å². The molecule has 1 amide bonds. The van der Waals surface area contributed by atoms with E-state index in [1.807, 2.05) is 25.1 Å². The average Bonchev–Trinajstić information content (AvgIpc) is 2.73. The zero-order valence-corrected chi connectivity index (χ0v) is 9.79. The maximum atomic E-state index is 11.0. The van der Waals surface area contributed by atoms with E-state index >= 15 is 0 Å². The molecule has 2 N–H and O–H groups in total. The number of nitrogens with zero attached hydrogens (tertiary/aromatic N) is 1. The Labute approximate surface area is 101 Å². The van der Waals surface area contributed by atoms with E-state index in [4.69, 9.17) is 5.26 Å². The first-order valence-electron chi connectivity index (χ1n) is 5.73. The molecule has 0 radical (unpaired) electrons. The molecular formula is C13H15N3O. The van der Waals surface area contributed by atoms with Crippen LogP contribution < -0.4 is 10.6 Å². The monoisotopic (exact) mass is 229 g/mol. The summed E-state index contributed by atoms with van der Waals surface area (Å²) in [6, 6.07) is 8.08. The predicted molar refractivity (Wildman–Crippen MR) is 65.5 cm³/mol. The molecule has 0 saturated carbocycles. The molecule has 1 atom stereocenters. The minimum absolute atomic E-state index is 0.112. The first-order chi connectivity index (χ1) is 8.19. The second-order valence-electron chi connectivity index (χ2n) is 4.34. The third-order valence-electron chi connectivity index (χ3n) is 2.92. The summed E-state index contributed by atoms with van der Waals surface area (Å²) in [4.78, 5) is 11.0. The van der Waals surface area contributed by atoms with Crippen LogP contribution >= 0.6 is 0 Å². The number of benzene rings is 1. The molecular weight excluding hydrogens is 214 g/mol. The van der Waals surface area contributed by atoms with Crippen LogP contribution in [0.4, 0.5) is 5.69 Å². The number of aryl methyl sites for hydroxylation is 1. The molecule has 4 heteroatoms. The number of rotatable bonds is 3. The highest BCUT2D eigenvalue weighted by molar-refractivity contribution is 5.78. The lowest BCUT2D eigenvalue weighted by atomic mass is 10.1. The Morgan fingerprint density at radius 3 is 3.06 bits per heavy atom. The normalized spacial score (nSPS) is 18.6. The molecule has 17 heavy (non-hydrogen) atoms. The highest BCUT2D eigenvalue weighted by atomic mass is 16.1. The molecule has 1 saturated heterocycles. The van der Waals surface area contributed by atoms with Gasteiger partial charge in [0.2, 0.25) is 5.91 Å². The van der Waals surface area contributed by atoms with Crippen molar-refractivity contribution < 1.29 is 4.79 Å². The third kappa shape index (κ3) is 2.76. The standard InChI is InChI=1S/C13H15N3O/c1-9-2-4-12(10(6-9)7-14)15-8-11-3-5-13(17)16-11/h2,4,6,11,15H,3,5,8H2,1H3,(H,16,17). The molecule has 0 spiro atoms. The van der Waals surface area contributed by atoms with E-state index in [0.29, 0.717) is 18.5 Å². The van der Waals surface area contributed by atoms with Crippen molar-refractivity contribution in [1.29, 1.82) is 5.26 Å². The lowest BCUT2D eigenvalue weighted by Crippen LogP contribution is -2.31. The van der Waals surface area contributed by atoms with Gasteiger partial charge in [0, 0.05) is 19.0 Å². The van der Waals surface area contributed by atoms with Gasteiger partial charge in [0.05, 0.1) is 11.3 Å². The first kappa shape index (κ1) is 11.5. The maximum absolute atomic E-state index is 11.0. The Balaban J connectivity index is 1.99. The van der Waals surface area contributed by atoms with Crippen LogP contribution in [0.5, 0.6) is 0 Å². The van der Waals surface area contributed by atoms with Crippen molar-refractivity contribution >= 4 is 11.6 Å². The Bertz CT molecular complexity index is 476. The fourth-order valence-corrected chi connectivity index (χ4v) is 1.97. The van der Waals surface area contributed by atoms with Crippen molar-refractivity contribution in [3.63, 3.8) is 0 Å². The summed E-state index contributed by atoms with van der Waals surface area (Å²) in [5.41, 5.74) is 2.55. The second-order valence-corrected chi connectivity index (χ2v) is 4.34. The van der Waals surface area contributed by atoms with Crippen LogP contribution in [0.1, 0.15) is 24.0 Å². The van der Waals surface area contributed by atoms with Crippen LogP contribution in [0, 0.1) is 18.3 Å². The third-order valence-corrected chi connectivity index (χ3v) is 2.92. The molecule has 1 aromatic carbocycles. The molecule has 1 fully saturated rings. The molecule has 1 aliphatic rings. The first-order valence-corrected chi connectivity index (χ1v) is 5.73. The Hall–Kier alpha value is -2.02. The lowest BCUT2D eigenvalue weighted by molar-refractivity contribution is -0.119. The van der Waals surface area contributed by atoms with Crippen LogP contribution in [0.25, 0.3) is 0 Å². The lowest BCUT2D eigenvalue weighted by Gasteiger charge is -2.13. The number of carbonyl (C=O) groups excluding carboxylic acids is 1. The molecule has 1 aliphatic heterocycles. The minimum Gasteiger partial charge on any atom is -0.382 e. The topological polar surface area (TPSA) is 64.9 Å². The number of amides is 1. The van der Waals surface area contributed by atoms with Gasteiger partial charge in [-0.2, -0.15) is 5.26 Å². The molecule has 1 aromatic rings. The molecule has 0 aromatic heterocycles. The van der Waals surface area contributed by atoms with Crippen molar-refractivity contribution in [1.82, 2.24) is 5.32 Å². The summed E-state index contributed by atoms with van der Waals surface area (Å²) in [7, 11) is 0. The fourth-order valence-electron chi connectivity index (χ4n) is 1.97. The van der Waals surface area contributed by atoms with Crippen molar-refractivity contribution in [2.45, 2.75) is 25.8 Å². The SMILES string of the molecule is Cc1ccc(NCC2CCC(=O)N2)c(C#N)c1. The van der Waals surface area contributed by atoms with Gasteiger partial charge in [-0.05, 0) is 31.0 Å². The minimum atomic E-state index is 0.112. The number of hydrogen-bond acceptors (Lipinski definition) is 3. The molecule has 0 bridgehead atoms. The zero-order chi connectivity index (χ0) is 12.3. The smallest absolute Gasteiger partial charge is 0.220 e. The van der Waals surface area contributed by atoms with Gasteiger partial charge in [0.15, 0.2) is 0 Å².